The molecule has 0 aliphatic rings. The molecule has 0 saturated carbocycles. The van der Waals surface area contributed by atoms with Gasteiger partial charge in [-0.05, 0) is 30.3 Å². The zero-order valence-electron chi connectivity index (χ0n) is 9.35. The highest BCUT2D eigenvalue weighted by Crippen LogP contribution is 2.19. The Bertz CT molecular complexity index is 543. The first-order valence-electron chi connectivity index (χ1n) is 5.14. The smallest absolute Gasteiger partial charge is 0.143 e. The van der Waals surface area contributed by atoms with E-state index in [0.29, 0.717) is 12.2 Å². The lowest BCUT2D eigenvalue weighted by molar-refractivity contribution is 0.507. The molecule has 1 aromatic carbocycles. The van der Waals surface area contributed by atoms with Crippen LogP contribution in [0, 0.1) is 17.1 Å². The van der Waals surface area contributed by atoms with Crippen LogP contribution >= 0.6 is 0 Å². The zero-order valence-corrected chi connectivity index (χ0v) is 9.35. The molecular formula is C13H11FN2O. The maximum atomic E-state index is 13.4. The number of benzene rings is 1. The normalized spacial score (nSPS) is 9.94. The SMILES string of the molecule is CN(Cc1ccco1)c1ccc(C#N)c(F)c1. The van der Waals surface area contributed by atoms with Crippen molar-refractivity contribution in [2.75, 3.05) is 11.9 Å². The predicted molar refractivity (Wildman–Crippen MR) is 61.9 cm³/mol. The minimum atomic E-state index is -0.503. The molecule has 0 bridgehead atoms. The number of hydrogen-bond acceptors (Lipinski definition) is 3. The van der Waals surface area contributed by atoms with Gasteiger partial charge in [0.2, 0.25) is 0 Å². The molecule has 1 aromatic heterocycles. The molecule has 1 heterocycles. The first-order valence-corrected chi connectivity index (χ1v) is 5.14. The van der Waals surface area contributed by atoms with Gasteiger partial charge in [0.1, 0.15) is 17.6 Å². The molecule has 86 valence electrons. The van der Waals surface area contributed by atoms with Gasteiger partial charge in [-0.2, -0.15) is 5.26 Å². The van der Waals surface area contributed by atoms with E-state index in [4.69, 9.17) is 9.68 Å². The lowest BCUT2D eigenvalue weighted by atomic mass is 10.2. The average molecular weight is 230 g/mol. The molecule has 3 nitrogen and oxygen atoms in total. The van der Waals surface area contributed by atoms with Crippen molar-refractivity contribution in [2.24, 2.45) is 0 Å². The van der Waals surface area contributed by atoms with Gasteiger partial charge in [0.15, 0.2) is 0 Å². The fourth-order valence-corrected chi connectivity index (χ4v) is 1.56. The van der Waals surface area contributed by atoms with Gasteiger partial charge >= 0.3 is 0 Å². The van der Waals surface area contributed by atoms with Crippen molar-refractivity contribution >= 4 is 5.69 Å². The Hall–Kier alpha value is -2.28. The summed E-state index contributed by atoms with van der Waals surface area (Å²) in [6.07, 6.45) is 1.60. The second kappa shape index (κ2) is 4.71. The van der Waals surface area contributed by atoms with Crippen LogP contribution in [-0.4, -0.2) is 7.05 Å². The highest BCUT2D eigenvalue weighted by atomic mass is 19.1. The van der Waals surface area contributed by atoms with Crippen LogP contribution in [0.1, 0.15) is 11.3 Å². The van der Waals surface area contributed by atoms with Crippen LogP contribution in [0.4, 0.5) is 10.1 Å². The molecule has 0 saturated heterocycles. The van der Waals surface area contributed by atoms with Crippen molar-refractivity contribution in [1.82, 2.24) is 0 Å². The maximum absolute atomic E-state index is 13.4. The molecule has 0 aliphatic carbocycles. The fourth-order valence-electron chi connectivity index (χ4n) is 1.56. The first-order chi connectivity index (χ1) is 8.20. The molecule has 0 unspecified atom stereocenters. The van der Waals surface area contributed by atoms with E-state index in [1.54, 1.807) is 18.4 Å². The van der Waals surface area contributed by atoms with E-state index in [1.165, 1.54) is 12.1 Å². The van der Waals surface area contributed by atoms with Crippen molar-refractivity contribution in [3.63, 3.8) is 0 Å². The Morgan fingerprint density at radius 2 is 2.24 bits per heavy atom. The second-order valence-corrected chi connectivity index (χ2v) is 3.71. The molecule has 0 N–H and O–H groups in total. The number of anilines is 1. The summed E-state index contributed by atoms with van der Waals surface area (Å²) in [5.41, 5.74) is 0.762. The molecule has 2 aromatic rings. The number of hydrogen-bond donors (Lipinski definition) is 0. The zero-order chi connectivity index (χ0) is 12.3. The van der Waals surface area contributed by atoms with Crippen LogP contribution in [0.5, 0.6) is 0 Å². The molecule has 2 rings (SSSR count). The number of nitrogens with zero attached hydrogens (tertiary/aromatic N) is 2. The van der Waals surface area contributed by atoms with Gasteiger partial charge in [-0.3, -0.25) is 0 Å². The van der Waals surface area contributed by atoms with Gasteiger partial charge in [0, 0.05) is 12.7 Å². The molecular weight excluding hydrogens is 219 g/mol. The molecule has 4 heteroatoms. The standard InChI is InChI=1S/C13H11FN2O/c1-16(9-12-3-2-6-17-12)11-5-4-10(8-15)13(14)7-11/h2-7H,9H2,1H3. The van der Waals surface area contributed by atoms with Crippen LogP contribution in [0.15, 0.2) is 41.0 Å². The summed E-state index contributed by atoms with van der Waals surface area (Å²) in [6.45, 7) is 0.554. The van der Waals surface area contributed by atoms with Crippen molar-refractivity contribution in [1.29, 1.82) is 5.26 Å². The van der Waals surface area contributed by atoms with Crippen molar-refractivity contribution in [3.8, 4) is 6.07 Å². The van der Waals surface area contributed by atoms with Crippen molar-refractivity contribution in [2.45, 2.75) is 6.54 Å². The second-order valence-electron chi connectivity index (χ2n) is 3.71. The summed E-state index contributed by atoms with van der Waals surface area (Å²) in [5.74, 6) is 0.300. The van der Waals surface area contributed by atoms with E-state index >= 15 is 0 Å². The molecule has 0 aliphatic heterocycles. The van der Waals surface area contributed by atoms with E-state index in [9.17, 15) is 4.39 Å². The summed E-state index contributed by atoms with van der Waals surface area (Å²) in [5, 5.41) is 8.64. The number of rotatable bonds is 3. The van der Waals surface area contributed by atoms with Crippen LogP contribution < -0.4 is 4.90 Å². The maximum Gasteiger partial charge on any atom is 0.143 e. The molecule has 0 amide bonds. The molecule has 0 atom stereocenters. The summed E-state index contributed by atoms with van der Waals surface area (Å²) >= 11 is 0. The van der Waals surface area contributed by atoms with E-state index in [1.807, 2.05) is 24.1 Å². The highest BCUT2D eigenvalue weighted by Gasteiger charge is 2.07. The third-order valence-corrected chi connectivity index (χ3v) is 2.49. The van der Waals surface area contributed by atoms with Crippen molar-refractivity contribution < 1.29 is 8.81 Å². The van der Waals surface area contributed by atoms with E-state index < -0.39 is 5.82 Å². The summed E-state index contributed by atoms with van der Waals surface area (Å²) in [4.78, 5) is 1.85. The topological polar surface area (TPSA) is 40.2 Å². The predicted octanol–water partition coefficient (Wildman–Crippen LogP) is 2.93. The Morgan fingerprint density at radius 3 is 2.82 bits per heavy atom. The third-order valence-electron chi connectivity index (χ3n) is 2.49. The first kappa shape index (κ1) is 11.2. The van der Waals surface area contributed by atoms with Gasteiger partial charge in [-0.25, -0.2) is 4.39 Å². The Balaban J connectivity index is 2.17. The van der Waals surface area contributed by atoms with E-state index in [-0.39, 0.29) is 5.56 Å². The number of nitriles is 1. The quantitative estimate of drug-likeness (QED) is 0.813. The van der Waals surface area contributed by atoms with Gasteiger partial charge in [0.05, 0.1) is 18.4 Å². The van der Waals surface area contributed by atoms with Crippen LogP contribution in [-0.2, 0) is 6.54 Å². The van der Waals surface area contributed by atoms with Gasteiger partial charge in [0.25, 0.3) is 0 Å². The third kappa shape index (κ3) is 2.45. The fraction of sp³-hybridized carbons (Fsp3) is 0.154. The lowest BCUT2D eigenvalue weighted by Gasteiger charge is -2.17. The van der Waals surface area contributed by atoms with Crippen LogP contribution in [0.3, 0.4) is 0 Å². The summed E-state index contributed by atoms with van der Waals surface area (Å²) in [7, 11) is 1.84. The summed E-state index contributed by atoms with van der Waals surface area (Å²) < 4.78 is 18.6. The summed E-state index contributed by atoms with van der Waals surface area (Å²) in [6, 6.07) is 10.00. The molecule has 0 spiro atoms. The Morgan fingerprint density at radius 1 is 1.41 bits per heavy atom. The monoisotopic (exact) mass is 230 g/mol. The number of furan rings is 1. The van der Waals surface area contributed by atoms with Crippen LogP contribution in [0.2, 0.25) is 0 Å². The largest absolute Gasteiger partial charge is 0.467 e. The minimum Gasteiger partial charge on any atom is -0.467 e. The Labute approximate surface area is 98.7 Å². The average Bonchev–Trinajstić information content (AvgIpc) is 2.81. The van der Waals surface area contributed by atoms with E-state index in [2.05, 4.69) is 0 Å². The molecule has 0 fully saturated rings. The van der Waals surface area contributed by atoms with E-state index in [0.717, 1.165) is 5.76 Å². The van der Waals surface area contributed by atoms with Gasteiger partial charge in [-0.15, -0.1) is 0 Å². The molecule has 0 radical (unpaired) electrons. The van der Waals surface area contributed by atoms with Crippen molar-refractivity contribution in [3.05, 3.63) is 53.7 Å². The molecule has 17 heavy (non-hydrogen) atoms. The highest BCUT2D eigenvalue weighted by molar-refractivity contribution is 5.49. The van der Waals surface area contributed by atoms with Gasteiger partial charge in [-0.1, -0.05) is 0 Å². The Kier molecular flexibility index (Phi) is 3.10. The number of halogens is 1. The van der Waals surface area contributed by atoms with Gasteiger partial charge < -0.3 is 9.32 Å². The minimum absolute atomic E-state index is 0.0557. The lowest BCUT2D eigenvalue weighted by Crippen LogP contribution is -2.16. The van der Waals surface area contributed by atoms with Crippen LogP contribution in [0.25, 0.3) is 0 Å².